The minimum atomic E-state index is -1.13. The van der Waals surface area contributed by atoms with Crippen LogP contribution in [-0.4, -0.2) is 17.6 Å². The maximum atomic E-state index is 11.4. The fourth-order valence-electron chi connectivity index (χ4n) is 1.42. The molecule has 0 unspecified atom stereocenters. The average molecular weight is 209 g/mol. The van der Waals surface area contributed by atoms with Crippen LogP contribution >= 0.6 is 0 Å². The van der Waals surface area contributed by atoms with E-state index >= 15 is 0 Å². The molecule has 2 rings (SSSR count). The summed E-state index contributed by atoms with van der Waals surface area (Å²) in [5, 5.41) is 12.7. The zero-order valence-corrected chi connectivity index (χ0v) is 8.69. The second-order valence-electron chi connectivity index (χ2n) is 4.24. The average Bonchev–Trinajstić information content (AvgIpc) is 2.89. The zero-order chi connectivity index (χ0) is 10.9. The first-order valence-electron chi connectivity index (χ1n) is 5.14. The fourth-order valence-corrected chi connectivity index (χ4v) is 1.42. The lowest BCUT2D eigenvalue weighted by molar-refractivity contribution is -0.123. The van der Waals surface area contributed by atoms with Crippen LogP contribution in [0.4, 0.5) is 0 Å². The molecule has 15 heavy (non-hydrogen) atoms. The van der Waals surface area contributed by atoms with Gasteiger partial charge in [0.2, 0.25) is 5.91 Å². The third-order valence-corrected chi connectivity index (χ3v) is 2.61. The molecule has 1 aliphatic carbocycles. The van der Waals surface area contributed by atoms with Crippen LogP contribution in [0.25, 0.3) is 0 Å². The Labute approximate surface area is 88.3 Å². The highest BCUT2D eigenvalue weighted by Gasteiger charge is 2.32. The molecule has 4 heteroatoms. The van der Waals surface area contributed by atoms with Gasteiger partial charge in [0, 0.05) is 5.92 Å². The van der Waals surface area contributed by atoms with Gasteiger partial charge in [-0.15, -0.1) is 0 Å². The molecule has 1 aromatic heterocycles. The summed E-state index contributed by atoms with van der Waals surface area (Å²) in [5.41, 5.74) is -1.13. The van der Waals surface area contributed by atoms with Crippen molar-refractivity contribution in [2.24, 2.45) is 5.92 Å². The van der Waals surface area contributed by atoms with E-state index in [1.807, 2.05) is 0 Å². The van der Waals surface area contributed by atoms with E-state index in [0.29, 0.717) is 5.76 Å². The summed E-state index contributed by atoms with van der Waals surface area (Å²) >= 11 is 0. The van der Waals surface area contributed by atoms with Gasteiger partial charge in [0.1, 0.15) is 11.4 Å². The maximum absolute atomic E-state index is 11.4. The number of hydrogen-bond donors (Lipinski definition) is 2. The molecule has 1 saturated carbocycles. The summed E-state index contributed by atoms with van der Waals surface area (Å²) in [6, 6.07) is 3.41. The van der Waals surface area contributed by atoms with Gasteiger partial charge < -0.3 is 14.8 Å². The van der Waals surface area contributed by atoms with Crippen LogP contribution < -0.4 is 5.32 Å². The first-order chi connectivity index (χ1) is 7.09. The first kappa shape index (κ1) is 10.2. The number of nitrogens with one attached hydrogen (secondary N) is 1. The molecule has 4 nitrogen and oxygen atoms in total. The second-order valence-corrected chi connectivity index (χ2v) is 4.24. The van der Waals surface area contributed by atoms with Crippen molar-refractivity contribution in [3.05, 3.63) is 24.2 Å². The highest BCUT2D eigenvalue weighted by molar-refractivity contribution is 5.80. The van der Waals surface area contributed by atoms with Crippen LogP contribution in [0.5, 0.6) is 0 Å². The van der Waals surface area contributed by atoms with Crippen molar-refractivity contribution in [2.45, 2.75) is 25.4 Å². The number of hydrogen-bond acceptors (Lipinski definition) is 3. The molecular weight excluding hydrogens is 194 g/mol. The van der Waals surface area contributed by atoms with Gasteiger partial charge in [0.15, 0.2) is 0 Å². The molecule has 1 aliphatic rings. The molecule has 0 spiro atoms. The Bertz CT molecular complexity index is 339. The van der Waals surface area contributed by atoms with Crippen LogP contribution in [0.2, 0.25) is 0 Å². The van der Waals surface area contributed by atoms with E-state index < -0.39 is 5.60 Å². The Kier molecular flexibility index (Phi) is 2.52. The standard InChI is InChI=1S/C11H15NO3/c1-11(14,9-3-2-6-15-9)7-12-10(13)8-4-5-8/h2-3,6,8,14H,4-5,7H2,1H3,(H,12,13)/t11-/m1/s1. The van der Waals surface area contributed by atoms with Gasteiger partial charge in [-0.2, -0.15) is 0 Å². The van der Waals surface area contributed by atoms with Gasteiger partial charge in [-0.05, 0) is 31.9 Å². The lowest BCUT2D eigenvalue weighted by Gasteiger charge is -2.21. The van der Waals surface area contributed by atoms with Gasteiger partial charge in [-0.3, -0.25) is 4.79 Å². The molecule has 0 saturated heterocycles. The van der Waals surface area contributed by atoms with Crippen molar-refractivity contribution in [1.82, 2.24) is 5.32 Å². The van der Waals surface area contributed by atoms with E-state index in [2.05, 4.69) is 5.32 Å². The van der Waals surface area contributed by atoms with Crippen LogP contribution in [0.1, 0.15) is 25.5 Å². The maximum Gasteiger partial charge on any atom is 0.223 e. The van der Waals surface area contributed by atoms with Gasteiger partial charge >= 0.3 is 0 Å². The van der Waals surface area contributed by atoms with Crippen molar-refractivity contribution in [1.29, 1.82) is 0 Å². The Morgan fingerprint density at radius 3 is 3.00 bits per heavy atom. The van der Waals surface area contributed by atoms with Crippen LogP contribution in [0.15, 0.2) is 22.8 Å². The molecule has 1 atom stereocenters. The summed E-state index contributed by atoms with van der Waals surface area (Å²) in [5.74, 6) is 0.665. The Morgan fingerprint density at radius 2 is 2.47 bits per heavy atom. The van der Waals surface area contributed by atoms with Crippen LogP contribution in [0.3, 0.4) is 0 Å². The predicted octanol–water partition coefficient (Wildman–Crippen LogP) is 1.01. The van der Waals surface area contributed by atoms with Gasteiger partial charge in [0.25, 0.3) is 0 Å². The van der Waals surface area contributed by atoms with E-state index in [0.717, 1.165) is 12.8 Å². The molecular formula is C11H15NO3. The minimum Gasteiger partial charge on any atom is -0.466 e. The summed E-state index contributed by atoms with van der Waals surface area (Å²) in [7, 11) is 0. The smallest absolute Gasteiger partial charge is 0.223 e. The number of carbonyl (C=O) groups is 1. The summed E-state index contributed by atoms with van der Waals surface area (Å²) in [4.78, 5) is 11.4. The van der Waals surface area contributed by atoms with Crippen molar-refractivity contribution >= 4 is 5.91 Å². The van der Waals surface area contributed by atoms with Crippen molar-refractivity contribution < 1.29 is 14.3 Å². The lowest BCUT2D eigenvalue weighted by atomic mass is 10.0. The van der Waals surface area contributed by atoms with Crippen molar-refractivity contribution in [2.75, 3.05) is 6.54 Å². The number of carbonyl (C=O) groups excluding carboxylic acids is 1. The molecule has 0 bridgehead atoms. The Morgan fingerprint density at radius 1 is 1.73 bits per heavy atom. The van der Waals surface area contributed by atoms with E-state index in [4.69, 9.17) is 4.42 Å². The second kappa shape index (κ2) is 3.70. The highest BCUT2D eigenvalue weighted by Crippen LogP contribution is 2.29. The third kappa shape index (κ3) is 2.39. The normalized spacial score (nSPS) is 19.6. The van der Waals surface area contributed by atoms with Crippen LogP contribution in [-0.2, 0) is 10.4 Å². The van der Waals surface area contributed by atoms with E-state index in [1.165, 1.54) is 6.26 Å². The van der Waals surface area contributed by atoms with Crippen molar-refractivity contribution in [3.8, 4) is 0 Å². The molecule has 1 amide bonds. The quantitative estimate of drug-likeness (QED) is 0.778. The SMILES string of the molecule is C[C@@](O)(CNC(=O)C1CC1)c1ccco1. The molecule has 0 aromatic carbocycles. The van der Waals surface area contributed by atoms with Gasteiger partial charge in [0.05, 0.1) is 12.8 Å². The van der Waals surface area contributed by atoms with E-state index in [-0.39, 0.29) is 18.4 Å². The molecule has 0 radical (unpaired) electrons. The number of furan rings is 1. The number of aliphatic hydroxyl groups is 1. The molecule has 2 N–H and O–H groups in total. The van der Waals surface area contributed by atoms with E-state index in [9.17, 15) is 9.90 Å². The molecule has 1 heterocycles. The Balaban J connectivity index is 1.89. The predicted molar refractivity (Wildman–Crippen MR) is 54.0 cm³/mol. The monoisotopic (exact) mass is 209 g/mol. The fraction of sp³-hybridized carbons (Fsp3) is 0.545. The van der Waals surface area contributed by atoms with Gasteiger partial charge in [-0.25, -0.2) is 0 Å². The highest BCUT2D eigenvalue weighted by atomic mass is 16.4. The van der Waals surface area contributed by atoms with Gasteiger partial charge in [-0.1, -0.05) is 0 Å². The molecule has 1 aromatic rings. The summed E-state index contributed by atoms with van der Waals surface area (Å²) < 4.78 is 5.11. The van der Waals surface area contributed by atoms with E-state index in [1.54, 1.807) is 19.1 Å². The third-order valence-electron chi connectivity index (χ3n) is 2.61. The molecule has 0 aliphatic heterocycles. The summed E-state index contributed by atoms with van der Waals surface area (Å²) in [6.45, 7) is 1.81. The first-order valence-corrected chi connectivity index (χ1v) is 5.14. The largest absolute Gasteiger partial charge is 0.466 e. The Hall–Kier alpha value is -1.29. The van der Waals surface area contributed by atoms with Crippen molar-refractivity contribution in [3.63, 3.8) is 0 Å². The number of amides is 1. The van der Waals surface area contributed by atoms with Crippen LogP contribution in [0, 0.1) is 5.92 Å². The number of rotatable bonds is 4. The lowest BCUT2D eigenvalue weighted by Crippen LogP contribution is -2.39. The topological polar surface area (TPSA) is 62.5 Å². The molecule has 1 fully saturated rings. The minimum absolute atomic E-state index is 0.0295. The summed E-state index contributed by atoms with van der Waals surface area (Å²) in [6.07, 6.45) is 3.44. The molecule has 82 valence electrons. The zero-order valence-electron chi connectivity index (χ0n) is 8.69.